The molecule has 0 radical (unpaired) electrons. The number of hydrogen-bond donors (Lipinski definition) is 2. The Morgan fingerprint density at radius 1 is 0.917 bits per heavy atom. The first-order valence-electron chi connectivity index (χ1n) is 8.00. The lowest BCUT2D eigenvalue weighted by atomic mass is 10.1. The molecule has 0 spiro atoms. The molecule has 1 heterocycles. The molecule has 5 heteroatoms. The van der Waals surface area contributed by atoms with Crippen LogP contribution in [0, 0.1) is 5.82 Å². The van der Waals surface area contributed by atoms with Crippen molar-refractivity contribution in [1.82, 2.24) is 9.97 Å². The van der Waals surface area contributed by atoms with Crippen LogP contribution in [0.4, 0.5) is 21.8 Å². The van der Waals surface area contributed by atoms with Crippen molar-refractivity contribution >= 4 is 17.5 Å². The number of hydrogen-bond acceptors (Lipinski definition) is 4. The molecule has 0 atom stereocenters. The van der Waals surface area contributed by atoms with Crippen molar-refractivity contribution in [3.8, 4) is 11.3 Å². The van der Waals surface area contributed by atoms with Crippen molar-refractivity contribution in [2.75, 3.05) is 10.6 Å². The molecule has 120 valence electrons. The second kappa shape index (κ2) is 6.28. The van der Waals surface area contributed by atoms with Gasteiger partial charge in [0.15, 0.2) is 0 Å². The average Bonchev–Trinajstić information content (AvgIpc) is 3.42. The maximum atomic E-state index is 13.9. The number of aromatic nitrogens is 2. The van der Waals surface area contributed by atoms with Crippen molar-refractivity contribution in [3.63, 3.8) is 0 Å². The van der Waals surface area contributed by atoms with Crippen LogP contribution >= 0.6 is 0 Å². The Bertz CT molecular complexity index is 847. The van der Waals surface area contributed by atoms with Gasteiger partial charge in [0.05, 0.1) is 11.4 Å². The second-order valence-corrected chi connectivity index (χ2v) is 5.85. The minimum Gasteiger partial charge on any atom is -0.367 e. The lowest BCUT2D eigenvalue weighted by Gasteiger charge is -2.11. The van der Waals surface area contributed by atoms with Crippen LogP contribution in [0.1, 0.15) is 12.8 Å². The average molecular weight is 320 g/mol. The molecule has 0 amide bonds. The summed E-state index contributed by atoms with van der Waals surface area (Å²) in [6.07, 6.45) is 2.31. The Morgan fingerprint density at radius 3 is 2.42 bits per heavy atom. The SMILES string of the molecule is Fc1ccccc1Nc1nc(NC2CC2)cc(-c2ccccc2)n1. The molecule has 3 aromatic rings. The predicted octanol–water partition coefficient (Wildman–Crippen LogP) is 4.60. The number of halogens is 1. The molecule has 4 nitrogen and oxygen atoms in total. The Kier molecular flexibility index (Phi) is 3.83. The van der Waals surface area contributed by atoms with E-state index in [4.69, 9.17) is 0 Å². The van der Waals surface area contributed by atoms with E-state index in [9.17, 15) is 4.39 Å². The zero-order chi connectivity index (χ0) is 16.4. The molecular formula is C19H17FN4. The number of rotatable bonds is 5. The quantitative estimate of drug-likeness (QED) is 0.721. The minimum absolute atomic E-state index is 0.331. The Balaban J connectivity index is 1.71. The number of benzene rings is 2. The third-order valence-electron chi connectivity index (χ3n) is 3.85. The van der Waals surface area contributed by atoms with Crippen molar-refractivity contribution < 1.29 is 4.39 Å². The summed E-state index contributed by atoms with van der Waals surface area (Å²) in [7, 11) is 0. The fraction of sp³-hybridized carbons (Fsp3) is 0.158. The van der Waals surface area contributed by atoms with Crippen molar-refractivity contribution in [2.24, 2.45) is 0 Å². The topological polar surface area (TPSA) is 49.8 Å². The van der Waals surface area contributed by atoms with Gasteiger partial charge in [0.1, 0.15) is 11.6 Å². The lowest BCUT2D eigenvalue weighted by molar-refractivity contribution is 0.631. The van der Waals surface area contributed by atoms with Crippen LogP contribution < -0.4 is 10.6 Å². The first kappa shape index (κ1) is 14.6. The largest absolute Gasteiger partial charge is 0.367 e. The molecular weight excluding hydrogens is 303 g/mol. The van der Waals surface area contributed by atoms with Crippen LogP contribution in [0.3, 0.4) is 0 Å². The highest BCUT2D eigenvalue weighted by Gasteiger charge is 2.22. The number of nitrogens with one attached hydrogen (secondary N) is 2. The Morgan fingerprint density at radius 2 is 1.67 bits per heavy atom. The molecule has 0 saturated heterocycles. The maximum Gasteiger partial charge on any atom is 0.229 e. The highest BCUT2D eigenvalue weighted by atomic mass is 19.1. The van der Waals surface area contributed by atoms with Gasteiger partial charge in [-0.05, 0) is 25.0 Å². The van der Waals surface area contributed by atoms with E-state index in [-0.39, 0.29) is 5.82 Å². The van der Waals surface area contributed by atoms with Gasteiger partial charge in [-0.1, -0.05) is 42.5 Å². The van der Waals surface area contributed by atoms with Gasteiger partial charge >= 0.3 is 0 Å². The van der Waals surface area contributed by atoms with E-state index in [1.807, 2.05) is 36.4 Å². The molecule has 0 unspecified atom stereocenters. The van der Waals surface area contributed by atoms with Crippen LogP contribution in [0.25, 0.3) is 11.3 Å². The lowest BCUT2D eigenvalue weighted by Crippen LogP contribution is -2.07. The third-order valence-corrected chi connectivity index (χ3v) is 3.85. The van der Waals surface area contributed by atoms with Crippen LogP contribution in [-0.2, 0) is 0 Å². The van der Waals surface area contributed by atoms with Crippen LogP contribution in [0.5, 0.6) is 0 Å². The molecule has 2 aromatic carbocycles. The summed E-state index contributed by atoms with van der Waals surface area (Å²) in [6.45, 7) is 0. The normalized spacial score (nSPS) is 13.5. The van der Waals surface area contributed by atoms with E-state index >= 15 is 0 Å². The molecule has 1 fully saturated rings. The van der Waals surface area contributed by atoms with E-state index in [1.54, 1.807) is 18.2 Å². The zero-order valence-electron chi connectivity index (χ0n) is 13.0. The molecule has 1 aliphatic rings. The summed E-state index contributed by atoms with van der Waals surface area (Å²) in [5.74, 6) is 0.803. The summed E-state index contributed by atoms with van der Waals surface area (Å²) >= 11 is 0. The molecule has 0 aliphatic heterocycles. The van der Waals surface area contributed by atoms with Gasteiger partial charge in [-0.2, -0.15) is 4.98 Å². The predicted molar refractivity (Wildman–Crippen MR) is 93.8 cm³/mol. The molecule has 1 aromatic heterocycles. The van der Waals surface area contributed by atoms with Crippen molar-refractivity contribution in [3.05, 3.63) is 66.5 Å². The van der Waals surface area contributed by atoms with Gasteiger partial charge in [0, 0.05) is 17.7 Å². The molecule has 4 rings (SSSR count). The van der Waals surface area contributed by atoms with Crippen LogP contribution in [-0.4, -0.2) is 16.0 Å². The Labute approximate surface area is 139 Å². The first-order chi connectivity index (χ1) is 11.8. The summed E-state index contributed by atoms with van der Waals surface area (Å²) in [4.78, 5) is 9.01. The summed E-state index contributed by atoms with van der Waals surface area (Å²) < 4.78 is 13.9. The molecule has 1 saturated carbocycles. The van der Waals surface area contributed by atoms with Gasteiger partial charge < -0.3 is 10.6 Å². The fourth-order valence-corrected chi connectivity index (χ4v) is 2.45. The van der Waals surface area contributed by atoms with E-state index in [0.29, 0.717) is 17.7 Å². The van der Waals surface area contributed by atoms with Crippen molar-refractivity contribution in [2.45, 2.75) is 18.9 Å². The monoisotopic (exact) mass is 320 g/mol. The molecule has 2 N–H and O–H groups in total. The number of para-hydroxylation sites is 1. The van der Waals surface area contributed by atoms with Gasteiger partial charge in [-0.3, -0.25) is 0 Å². The summed E-state index contributed by atoms with van der Waals surface area (Å²) in [5, 5.41) is 6.36. The van der Waals surface area contributed by atoms with E-state index < -0.39 is 0 Å². The van der Waals surface area contributed by atoms with Gasteiger partial charge in [0.2, 0.25) is 5.95 Å². The highest BCUT2D eigenvalue weighted by molar-refractivity contribution is 5.66. The maximum absolute atomic E-state index is 13.9. The standard InChI is InChI=1S/C19H17FN4/c20-15-8-4-5-9-16(15)22-19-23-17(13-6-2-1-3-7-13)12-18(24-19)21-14-10-11-14/h1-9,12,14H,10-11H2,(H2,21,22,23,24). The Hall–Kier alpha value is -2.95. The third kappa shape index (κ3) is 3.35. The van der Waals surface area contributed by atoms with Crippen molar-refractivity contribution in [1.29, 1.82) is 0 Å². The highest BCUT2D eigenvalue weighted by Crippen LogP contribution is 2.28. The number of anilines is 3. The first-order valence-corrected chi connectivity index (χ1v) is 8.00. The molecule has 1 aliphatic carbocycles. The van der Waals surface area contributed by atoms with Gasteiger partial charge in [-0.15, -0.1) is 0 Å². The van der Waals surface area contributed by atoms with Gasteiger partial charge in [0.25, 0.3) is 0 Å². The summed E-state index contributed by atoms with van der Waals surface area (Å²) in [6, 6.07) is 18.8. The molecule has 24 heavy (non-hydrogen) atoms. The van der Waals surface area contributed by atoms with Crippen LogP contribution in [0.2, 0.25) is 0 Å². The smallest absolute Gasteiger partial charge is 0.229 e. The fourth-order valence-electron chi connectivity index (χ4n) is 2.45. The number of nitrogens with zero attached hydrogens (tertiary/aromatic N) is 2. The van der Waals surface area contributed by atoms with E-state index in [0.717, 1.165) is 29.9 Å². The zero-order valence-corrected chi connectivity index (χ0v) is 13.0. The van der Waals surface area contributed by atoms with E-state index in [1.165, 1.54) is 6.07 Å². The summed E-state index contributed by atoms with van der Waals surface area (Å²) in [5.41, 5.74) is 2.16. The van der Waals surface area contributed by atoms with Crippen LogP contribution in [0.15, 0.2) is 60.7 Å². The molecule has 0 bridgehead atoms. The second-order valence-electron chi connectivity index (χ2n) is 5.85. The van der Waals surface area contributed by atoms with Gasteiger partial charge in [-0.25, -0.2) is 9.37 Å². The van der Waals surface area contributed by atoms with E-state index in [2.05, 4.69) is 20.6 Å². The minimum atomic E-state index is -0.331.